The van der Waals surface area contributed by atoms with Gasteiger partial charge in [0.1, 0.15) is 0 Å². The van der Waals surface area contributed by atoms with Gasteiger partial charge >= 0.3 is 0 Å². The van der Waals surface area contributed by atoms with Gasteiger partial charge in [0.15, 0.2) is 0 Å². The van der Waals surface area contributed by atoms with Gasteiger partial charge in [-0.15, -0.1) is 17.9 Å². The van der Waals surface area contributed by atoms with E-state index in [1.807, 2.05) is 39.0 Å². The summed E-state index contributed by atoms with van der Waals surface area (Å²) < 4.78 is 1.34. The van der Waals surface area contributed by atoms with Gasteiger partial charge in [-0.05, 0) is 88.3 Å². The summed E-state index contributed by atoms with van der Waals surface area (Å²) in [6.07, 6.45) is 4.77. The van der Waals surface area contributed by atoms with Crippen molar-refractivity contribution < 1.29 is 0 Å². The van der Waals surface area contributed by atoms with Crippen molar-refractivity contribution in [1.29, 1.82) is 0 Å². The molecule has 0 fully saturated rings. The molecule has 0 radical (unpaired) electrons. The van der Waals surface area contributed by atoms with Crippen molar-refractivity contribution in [3.05, 3.63) is 75.8 Å². The van der Waals surface area contributed by atoms with E-state index in [1.54, 1.807) is 0 Å². The fraction of sp³-hybridized carbons (Fsp3) is 0.464. The highest BCUT2D eigenvalue weighted by molar-refractivity contribution is 7.18. The highest BCUT2D eigenvalue weighted by Crippen LogP contribution is 2.26. The molecule has 166 valence electrons. The first-order chi connectivity index (χ1) is 14.3. The van der Waals surface area contributed by atoms with Crippen molar-refractivity contribution in [1.82, 2.24) is 4.98 Å². The summed E-state index contributed by atoms with van der Waals surface area (Å²) in [5.41, 5.74) is 7.91. The lowest BCUT2D eigenvalue weighted by Crippen LogP contribution is -1.82. The van der Waals surface area contributed by atoms with E-state index in [0.29, 0.717) is 0 Å². The maximum Gasteiger partial charge on any atom is 0.0938 e. The number of hydrogen-bond donors (Lipinski definition) is 0. The van der Waals surface area contributed by atoms with Crippen LogP contribution in [-0.4, -0.2) is 4.98 Å². The third-order valence-electron chi connectivity index (χ3n) is 4.43. The minimum atomic E-state index is 1.13. The van der Waals surface area contributed by atoms with E-state index in [2.05, 4.69) is 82.6 Å². The fourth-order valence-corrected chi connectivity index (χ4v) is 3.76. The van der Waals surface area contributed by atoms with Crippen molar-refractivity contribution in [3.8, 4) is 0 Å². The van der Waals surface area contributed by atoms with Crippen LogP contribution in [-0.2, 0) is 12.8 Å². The SMILES string of the molecule is C=C(C)C.CC.CCCCc1nc2cc(C)c(C)cc2s1.CCc1ccccc1C. The third kappa shape index (κ3) is 10.7. The molecule has 0 unspecified atom stereocenters. The van der Waals surface area contributed by atoms with Gasteiger partial charge in [0, 0.05) is 0 Å². The Labute approximate surface area is 190 Å². The Bertz CT molecular complexity index is 830. The van der Waals surface area contributed by atoms with E-state index >= 15 is 0 Å². The number of nitrogens with zero attached hydrogens (tertiary/aromatic N) is 1. The molecule has 1 heterocycles. The van der Waals surface area contributed by atoms with E-state index in [0.717, 1.165) is 12.8 Å². The summed E-state index contributed by atoms with van der Waals surface area (Å²) in [4.78, 5) is 4.67. The Morgan fingerprint density at radius 2 is 1.50 bits per heavy atom. The van der Waals surface area contributed by atoms with E-state index in [-0.39, 0.29) is 0 Å². The van der Waals surface area contributed by atoms with Crippen molar-refractivity contribution in [3.63, 3.8) is 0 Å². The molecule has 0 aliphatic rings. The molecule has 0 atom stereocenters. The first-order valence-corrected chi connectivity index (χ1v) is 12.1. The average Bonchev–Trinajstić information content (AvgIpc) is 3.10. The quantitative estimate of drug-likeness (QED) is 0.379. The topological polar surface area (TPSA) is 12.9 Å². The van der Waals surface area contributed by atoms with Crippen LogP contribution in [0, 0.1) is 20.8 Å². The maximum atomic E-state index is 4.67. The molecule has 0 amide bonds. The summed E-state index contributed by atoms with van der Waals surface area (Å²) in [5.74, 6) is 0. The largest absolute Gasteiger partial charge is 0.241 e. The lowest BCUT2D eigenvalue weighted by Gasteiger charge is -1.98. The first kappa shape index (κ1) is 28.1. The number of allylic oxidation sites excluding steroid dienone is 1. The van der Waals surface area contributed by atoms with Crippen LogP contribution in [0.2, 0.25) is 0 Å². The second kappa shape index (κ2) is 15.8. The normalized spacial score (nSPS) is 9.50. The van der Waals surface area contributed by atoms with E-state index < -0.39 is 0 Å². The second-order valence-electron chi connectivity index (χ2n) is 7.60. The van der Waals surface area contributed by atoms with Crippen LogP contribution in [0.5, 0.6) is 0 Å². The number of benzene rings is 2. The molecular weight excluding hydrogens is 382 g/mol. The Morgan fingerprint density at radius 3 is 2.00 bits per heavy atom. The Kier molecular flexibility index (Phi) is 14.8. The van der Waals surface area contributed by atoms with Crippen LogP contribution in [0.15, 0.2) is 48.6 Å². The zero-order chi connectivity index (χ0) is 23.1. The summed E-state index contributed by atoms with van der Waals surface area (Å²) in [7, 11) is 0. The average molecular weight is 426 g/mol. The van der Waals surface area contributed by atoms with Gasteiger partial charge < -0.3 is 0 Å². The minimum absolute atomic E-state index is 1.13. The van der Waals surface area contributed by atoms with Gasteiger partial charge in [-0.1, -0.05) is 64.0 Å². The molecule has 30 heavy (non-hydrogen) atoms. The predicted molar refractivity (Wildman–Crippen MR) is 140 cm³/mol. The van der Waals surface area contributed by atoms with Gasteiger partial charge in [0.25, 0.3) is 0 Å². The number of fused-ring (bicyclic) bond motifs is 1. The van der Waals surface area contributed by atoms with Crippen LogP contribution >= 0.6 is 11.3 Å². The predicted octanol–water partition coefficient (Wildman–Crippen LogP) is 9.42. The molecule has 1 aromatic heterocycles. The summed E-state index contributed by atoms with van der Waals surface area (Å²) in [6.45, 7) is 22.4. The molecule has 0 saturated heterocycles. The zero-order valence-corrected chi connectivity index (χ0v) is 21.7. The van der Waals surface area contributed by atoms with E-state index in [1.165, 1.54) is 55.9 Å². The molecule has 1 nitrogen and oxygen atoms in total. The van der Waals surface area contributed by atoms with E-state index in [4.69, 9.17) is 0 Å². The highest BCUT2D eigenvalue weighted by Gasteiger charge is 2.05. The second-order valence-corrected chi connectivity index (χ2v) is 8.72. The Balaban J connectivity index is 0.000000477. The fourth-order valence-electron chi connectivity index (χ4n) is 2.67. The molecule has 0 saturated carbocycles. The van der Waals surface area contributed by atoms with E-state index in [9.17, 15) is 0 Å². The lowest BCUT2D eigenvalue weighted by molar-refractivity contribution is 0.791. The van der Waals surface area contributed by atoms with Gasteiger partial charge in [0.05, 0.1) is 15.2 Å². The maximum absolute atomic E-state index is 4.67. The molecule has 2 aromatic carbocycles. The highest BCUT2D eigenvalue weighted by atomic mass is 32.1. The number of aromatic nitrogens is 1. The lowest BCUT2D eigenvalue weighted by atomic mass is 10.1. The van der Waals surface area contributed by atoms with Crippen LogP contribution in [0.25, 0.3) is 10.2 Å². The van der Waals surface area contributed by atoms with Crippen LogP contribution in [0.4, 0.5) is 0 Å². The molecule has 0 spiro atoms. The number of rotatable bonds is 4. The van der Waals surface area contributed by atoms with Crippen LogP contribution in [0.1, 0.15) is 81.6 Å². The molecular formula is C28H43NS. The smallest absolute Gasteiger partial charge is 0.0938 e. The van der Waals surface area contributed by atoms with Crippen molar-refractivity contribution in [2.45, 2.75) is 88.0 Å². The summed E-state index contributed by atoms with van der Waals surface area (Å²) in [6, 6.07) is 13.0. The molecule has 3 rings (SSSR count). The van der Waals surface area contributed by atoms with Crippen molar-refractivity contribution in [2.24, 2.45) is 0 Å². The molecule has 2 heteroatoms. The number of hydrogen-bond acceptors (Lipinski definition) is 2. The van der Waals surface area contributed by atoms with Crippen LogP contribution in [0.3, 0.4) is 0 Å². The van der Waals surface area contributed by atoms with Gasteiger partial charge in [0.2, 0.25) is 0 Å². The molecule has 0 bridgehead atoms. The number of thiazole rings is 1. The third-order valence-corrected chi connectivity index (χ3v) is 5.51. The Hall–Kier alpha value is -1.93. The Morgan fingerprint density at radius 1 is 0.933 bits per heavy atom. The van der Waals surface area contributed by atoms with Gasteiger partial charge in [-0.25, -0.2) is 4.98 Å². The number of aryl methyl sites for hydroxylation is 5. The molecule has 0 aliphatic heterocycles. The summed E-state index contributed by atoms with van der Waals surface area (Å²) in [5, 5.41) is 1.29. The molecule has 0 N–H and O–H groups in total. The zero-order valence-electron chi connectivity index (χ0n) is 20.9. The molecule has 0 aliphatic carbocycles. The number of unbranched alkanes of at least 4 members (excludes halogenated alkanes) is 1. The molecule has 3 aromatic rings. The van der Waals surface area contributed by atoms with Crippen LogP contribution < -0.4 is 0 Å². The summed E-state index contributed by atoms with van der Waals surface area (Å²) >= 11 is 1.85. The standard InChI is InChI=1S/C13H17NS.C9H12.C4H8.C2H6/c1-4-5-6-13-14-11-7-9(2)10(3)8-12(11)15-13;1-3-9-7-5-4-6-8(9)2;1-4(2)3;1-2/h7-8H,4-6H2,1-3H3;4-7H,3H2,1-2H3;1H2,2-3H3;1-2H3. The van der Waals surface area contributed by atoms with Crippen molar-refractivity contribution >= 4 is 21.6 Å². The van der Waals surface area contributed by atoms with Gasteiger partial charge in [-0.3, -0.25) is 0 Å². The first-order valence-electron chi connectivity index (χ1n) is 11.3. The monoisotopic (exact) mass is 425 g/mol. The van der Waals surface area contributed by atoms with Gasteiger partial charge in [-0.2, -0.15) is 0 Å². The van der Waals surface area contributed by atoms with Crippen molar-refractivity contribution in [2.75, 3.05) is 0 Å². The minimum Gasteiger partial charge on any atom is -0.241 e.